The van der Waals surface area contributed by atoms with Crippen molar-refractivity contribution >= 4 is 18.0 Å². The topological polar surface area (TPSA) is 105 Å². The van der Waals surface area contributed by atoms with Crippen LogP contribution in [-0.4, -0.2) is 48.2 Å². The Bertz CT molecular complexity index is 1020. The van der Waals surface area contributed by atoms with E-state index in [1.54, 1.807) is 0 Å². The Hall–Kier alpha value is -3.49. The summed E-state index contributed by atoms with van der Waals surface area (Å²) in [6.07, 6.45) is -1.10. The number of halogens is 2. The number of alkyl carbamates (subject to hydrolysis) is 1. The summed E-state index contributed by atoms with van der Waals surface area (Å²) in [6, 6.07) is 13.8. The highest BCUT2D eigenvalue weighted by Gasteiger charge is 2.43. The van der Waals surface area contributed by atoms with Crippen LogP contribution >= 0.6 is 0 Å². The minimum Gasteiger partial charge on any atom is -0.480 e. The molecule has 0 saturated heterocycles. The van der Waals surface area contributed by atoms with Crippen molar-refractivity contribution in [2.24, 2.45) is 5.41 Å². The monoisotopic (exact) mass is 460 g/mol. The van der Waals surface area contributed by atoms with E-state index in [0.29, 0.717) is 0 Å². The van der Waals surface area contributed by atoms with Crippen LogP contribution in [0.2, 0.25) is 0 Å². The molecule has 3 N–H and O–H groups in total. The second-order valence-corrected chi connectivity index (χ2v) is 8.99. The number of ether oxygens (including phenoxy) is 1. The van der Waals surface area contributed by atoms with Gasteiger partial charge in [-0.05, 0) is 27.7 Å². The van der Waals surface area contributed by atoms with E-state index in [9.17, 15) is 28.3 Å². The summed E-state index contributed by atoms with van der Waals surface area (Å²) in [5, 5.41) is 12.9. The van der Waals surface area contributed by atoms with Crippen molar-refractivity contribution in [3.63, 3.8) is 0 Å². The molecule has 0 fully saturated rings. The van der Waals surface area contributed by atoms with Gasteiger partial charge in [-0.2, -0.15) is 8.78 Å². The maximum atomic E-state index is 14.2. The van der Waals surface area contributed by atoms with E-state index in [1.807, 2.05) is 59.2 Å². The SMILES string of the molecule is CC(C)(C)C(NC(=O)C(F)(F)CNC(=O)OCC1c2ccccc2-c2ccccc21)C(=O)O. The number of fused-ring (bicyclic) bond motifs is 3. The van der Waals surface area contributed by atoms with Gasteiger partial charge in [0, 0.05) is 5.92 Å². The average Bonchev–Trinajstić information content (AvgIpc) is 3.07. The average molecular weight is 460 g/mol. The maximum absolute atomic E-state index is 14.2. The second-order valence-electron chi connectivity index (χ2n) is 8.99. The molecule has 7 nitrogen and oxygen atoms in total. The van der Waals surface area contributed by atoms with Crippen LogP contribution in [0.5, 0.6) is 0 Å². The van der Waals surface area contributed by atoms with Crippen LogP contribution in [-0.2, 0) is 14.3 Å². The van der Waals surface area contributed by atoms with Crippen molar-refractivity contribution in [1.29, 1.82) is 0 Å². The minimum atomic E-state index is -4.02. The van der Waals surface area contributed by atoms with Gasteiger partial charge in [0.1, 0.15) is 12.6 Å². The minimum absolute atomic E-state index is 0.0667. The quantitative estimate of drug-likeness (QED) is 0.583. The normalized spacial score (nSPS) is 14.1. The van der Waals surface area contributed by atoms with Gasteiger partial charge in [0.25, 0.3) is 5.91 Å². The summed E-state index contributed by atoms with van der Waals surface area (Å²) in [6.45, 7) is 3.10. The number of nitrogens with one attached hydrogen (secondary N) is 2. The van der Waals surface area contributed by atoms with Crippen LogP contribution in [0.3, 0.4) is 0 Å². The summed E-state index contributed by atoms with van der Waals surface area (Å²) in [5.74, 6) is -7.49. The number of carbonyl (C=O) groups excluding carboxylic acids is 2. The lowest BCUT2D eigenvalue weighted by molar-refractivity contribution is -0.153. The number of amides is 2. The predicted octanol–water partition coefficient (Wildman–Crippen LogP) is 3.78. The number of benzene rings is 2. The lowest BCUT2D eigenvalue weighted by Gasteiger charge is -2.29. The van der Waals surface area contributed by atoms with Crippen molar-refractivity contribution < 1.29 is 33.0 Å². The molecule has 2 aromatic carbocycles. The van der Waals surface area contributed by atoms with E-state index in [4.69, 9.17) is 4.74 Å². The fourth-order valence-electron chi connectivity index (χ4n) is 3.80. The predicted molar refractivity (Wildman–Crippen MR) is 117 cm³/mol. The number of aliphatic carboxylic acids is 1. The van der Waals surface area contributed by atoms with Crippen LogP contribution in [0.4, 0.5) is 13.6 Å². The Labute approximate surface area is 190 Å². The van der Waals surface area contributed by atoms with Gasteiger partial charge in [-0.15, -0.1) is 0 Å². The number of carboxylic acids is 1. The summed E-state index contributed by atoms with van der Waals surface area (Å²) >= 11 is 0. The van der Waals surface area contributed by atoms with Crippen LogP contribution in [0.25, 0.3) is 11.1 Å². The molecule has 2 amide bonds. The summed E-state index contributed by atoms with van der Waals surface area (Å²) in [4.78, 5) is 35.4. The van der Waals surface area contributed by atoms with Gasteiger partial charge in [0.2, 0.25) is 0 Å². The van der Waals surface area contributed by atoms with Crippen LogP contribution in [0.1, 0.15) is 37.8 Å². The number of rotatable bonds is 7. The Morgan fingerprint density at radius 2 is 1.52 bits per heavy atom. The van der Waals surface area contributed by atoms with E-state index < -0.39 is 41.9 Å². The molecule has 1 unspecified atom stereocenters. The first-order valence-corrected chi connectivity index (χ1v) is 10.4. The standard InChI is InChI=1S/C24H26F2N2O5/c1-23(2,3)19(20(29)30)28-21(31)24(25,26)13-27-22(32)33-12-18-16-10-6-4-8-14(16)15-9-5-7-11-17(15)18/h4-11,18-19H,12-13H2,1-3H3,(H,27,32)(H,28,31)(H,29,30). The number of alkyl halides is 2. The Morgan fingerprint density at radius 3 is 2.00 bits per heavy atom. The van der Waals surface area contributed by atoms with Gasteiger partial charge in [-0.1, -0.05) is 69.3 Å². The molecule has 9 heteroatoms. The molecule has 1 atom stereocenters. The second kappa shape index (κ2) is 9.17. The third kappa shape index (κ3) is 5.30. The van der Waals surface area contributed by atoms with Gasteiger partial charge in [0.05, 0.1) is 6.54 Å². The molecule has 0 aromatic heterocycles. The molecule has 1 aliphatic carbocycles. The number of carboxylic acid groups (broad SMARTS) is 1. The fraction of sp³-hybridized carbons (Fsp3) is 0.375. The number of carbonyl (C=O) groups is 3. The Kier molecular flexibility index (Phi) is 6.71. The molecular formula is C24H26F2N2O5. The highest BCUT2D eigenvalue weighted by Crippen LogP contribution is 2.44. The molecule has 33 heavy (non-hydrogen) atoms. The Morgan fingerprint density at radius 1 is 1.00 bits per heavy atom. The summed E-state index contributed by atoms with van der Waals surface area (Å²) < 4.78 is 33.7. The smallest absolute Gasteiger partial charge is 0.407 e. The highest BCUT2D eigenvalue weighted by molar-refractivity contribution is 5.89. The van der Waals surface area contributed by atoms with Gasteiger partial charge in [0.15, 0.2) is 0 Å². The molecule has 0 spiro atoms. The van der Waals surface area contributed by atoms with E-state index in [2.05, 4.69) is 0 Å². The van der Waals surface area contributed by atoms with Crippen molar-refractivity contribution in [2.75, 3.05) is 13.2 Å². The first-order valence-electron chi connectivity index (χ1n) is 10.4. The van der Waals surface area contributed by atoms with Crippen molar-refractivity contribution in [1.82, 2.24) is 10.6 Å². The number of hydrogen-bond donors (Lipinski definition) is 3. The largest absolute Gasteiger partial charge is 0.480 e. The zero-order chi connectivity index (χ0) is 24.4. The molecule has 0 saturated carbocycles. The van der Waals surface area contributed by atoms with Crippen molar-refractivity contribution in [3.05, 3.63) is 59.7 Å². The number of hydrogen-bond acceptors (Lipinski definition) is 4. The van der Waals surface area contributed by atoms with Gasteiger partial charge in [-0.3, -0.25) is 4.79 Å². The molecular weight excluding hydrogens is 434 g/mol. The first kappa shape index (κ1) is 24.2. The van der Waals surface area contributed by atoms with E-state index >= 15 is 0 Å². The summed E-state index contributed by atoms with van der Waals surface area (Å²) in [7, 11) is 0. The molecule has 0 radical (unpaired) electrons. The zero-order valence-corrected chi connectivity index (χ0v) is 18.5. The molecule has 176 valence electrons. The van der Waals surface area contributed by atoms with Crippen molar-refractivity contribution in [2.45, 2.75) is 38.7 Å². The first-order chi connectivity index (χ1) is 15.4. The summed E-state index contributed by atoms with van der Waals surface area (Å²) in [5.41, 5.74) is 3.00. The molecule has 3 rings (SSSR count). The molecule has 0 bridgehead atoms. The molecule has 0 aliphatic heterocycles. The van der Waals surface area contributed by atoms with Crippen LogP contribution < -0.4 is 10.6 Å². The molecule has 0 heterocycles. The highest BCUT2D eigenvalue weighted by atomic mass is 19.3. The van der Waals surface area contributed by atoms with E-state index in [0.717, 1.165) is 22.3 Å². The van der Waals surface area contributed by atoms with Crippen molar-refractivity contribution in [3.8, 4) is 11.1 Å². The van der Waals surface area contributed by atoms with Gasteiger partial charge in [-0.25, -0.2) is 9.59 Å². The van der Waals surface area contributed by atoms with E-state index in [-0.39, 0.29) is 12.5 Å². The fourth-order valence-corrected chi connectivity index (χ4v) is 3.80. The lowest BCUT2D eigenvalue weighted by Crippen LogP contribution is -2.56. The van der Waals surface area contributed by atoms with Crippen LogP contribution in [0, 0.1) is 5.41 Å². The lowest BCUT2D eigenvalue weighted by atomic mass is 9.86. The van der Waals surface area contributed by atoms with Crippen LogP contribution in [0.15, 0.2) is 48.5 Å². The zero-order valence-electron chi connectivity index (χ0n) is 18.5. The molecule has 1 aliphatic rings. The Balaban J connectivity index is 1.58. The third-order valence-corrected chi connectivity index (χ3v) is 5.52. The molecule has 2 aromatic rings. The van der Waals surface area contributed by atoms with Gasteiger partial charge >= 0.3 is 18.0 Å². The van der Waals surface area contributed by atoms with E-state index in [1.165, 1.54) is 20.8 Å². The maximum Gasteiger partial charge on any atom is 0.407 e. The third-order valence-electron chi connectivity index (χ3n) is 5.52. The van der Waals surface area contributed by atoms with Gasteiger partial charge < -0.3 is 20.5 Å².